The highest BCUT2D eigenvalue weighted by atomic mass is 16.5. The van der Waals surface area contributed by atoms with Crippen molar-refractivity contribution in [3.63, 3.8) is 0 Å². The standard InChI is InChI=1S/C29H51N5O6/c1-29(2,3)18-27(37)33-12-7-24(8-13-33)34-20-26(36)30-9-5-23-19-32(4)11-6-22(23)17-25(35)31-10-14-39-15-16-40-21-28(34)38/h22-24H,5-21H2,1-4H3,(H,30,36)(H,31,35)/t22-,23-/m0/s1. The molecule has 11 nitrogen and oxygen atoms in total. The number of hydrogen-bond acceptors (Lipinski definition) is 7. The van der Waals surface area contributed by atoms with Crippen molar-refractivity contribution in [1.29, 1.82) is 0 Å². The normalized spacial score (nSPS) is 26.6. The molecule has 11 heteroatoms. The molecule has 0 aliphatic carbocycles. The quantitative estimate of drug-likeness (QED) is 0.510. The zero-order valence-corrected chi connectivity index (χ0v) is 25.0. The van der Waals surface area contributed by atoms with Crippen LogP contribution in [0.1, 0.15) is 59.3 Å². The van der Waals surface area contributed by atoms with Gasteiger partial charge in [0.15, 0.2) is 0 Å². The summed E-state index contributed by atoms with van der Waals surface area (Å²) in [7, 11) is 2.09. The zero-order chi connectivity index (χ0) is 29.1. The summed E-state index contributed by atoms with van der Waals surface area (Å²) in [6.45, 7) is 10.9. The zero-order valence-electron chi connectivity index (χ0n) is 25.0. The van der Waals surface area contributed by atoms with Gasteiger partial charge in [-0.15, -0.1) is 0 Å². The van der Waals surface area contributed by atoms with E-state index in [1.807, 2.05) is 4.90 Å². The summed E-state index contributed by atoms with van der Waals surface area (Å²) in [5.74, 6) is 0.331. The van der Waals surface area contributed by atoms with Crippen molar-refractivity contribution in [2.45, 2.75) is 65.3 Å². The van der Waals surface area contributed by atoms with Crippen LogP contribution in [0.3, 0.4) is 0 Å². The van der Waals surface area contributed by atoms with E-state index in [1.54, 1.807) is 4.90 Å². The molecule has 0 spiro atoms. The Labute approximate surface area is 239 Å². The van der Waals surface area contributed by atoms with E-state index in [0.29, 0.717) is 71.0 Å². The summed E-state index contributed by atoms with van der Waals surface area (Å²) < 4.78 is 11.1. The molecule has 0 aromatic carbocycles. The van der Waals surface area contributed by atoms with Crippen LogP contribution in [0.15, 0.2) is 0 Å². The van der Waals surface area contributed by atoms with Crippen LogP contribution in [-0.4, -0.2) is 124 Å². The lowest BCUT2D eigenvalue weighted by Gasteiger charge is -2.39. The molecule has 3 saturated heterocycles. The molecule has 0 aromatic rings. The third-order valence-corrected chi connectivity index (χ3v) is 8.12. The first kappa shape index (κ1) is 32.3. The Morgan fingerprint density at radius 3 is 2.30 bits per heavy atom. The minimum atomic E-state index is -0.228. The van der Waals surface area contributed by atoms with Gasteiger partial charge >= 0.3 is 0 Å². The maximum atomic E-state index is 13.2. The molecule has 0 radical (unpaired) electrons. The van der Waals surface area contributed by atoms with Crippen LogP contribution in [0.4, 0.5) is 0 Å². The molecular formula is C29H51N5O6. The fourth-order valence-corrected chi connectivity index (χ4v) is 5.91. The molecule has 3 rings (SSSR count). The average Bonchev–Trinajstić information content (AvgIpc) is 2.89. The summed E-state index contributed by atoms with van der Waals surface area (Å²) >= 11 is 0. The highest BCUT2D eigenvalue weighted by Crippen LogP contribution is 2.28. The summed E-state index contributed by atoms with van der Waals surface area (Å²) in [6, 6.07) is -0.126. The number of nitrogens with zero attached hydrogens (tertiary/aromatic N) is 3. The van der Waals surface area contributed by atoms with Gasteiger partial charge in [-0.1, -0.05) is 20.8 Å². The number of piperidine rings is 2. The van der Waals surface area contributed by atoms with Crippen LogP contribution < -0.4 is 10.6 Å². The number of rotatable bonds is 2. The van der Waals surface area contributed by atoms with Gasteiger partial charge in [0.1, 0.15) is 6.61 Å². The van der Waals surface area contributed by atoms with Crippen LogP contribution in [0.5, 0.6) is 0 Å². The monoisotopic (exact) mass is 565 g/mol. The Morgan fingerprint density at radius 1 is 0.875 bits per heavy atom. The lowest BCUT2D eigenvalue weighted by atomic mass is 9.81. The molecule has 0 aromatic heterocycles. The van der Waals surface area contributed by atoms with Gasteiger partial charge in [-0.2, -0.15) is 0 Å². The van der Waals surface area contributed by atoms with Crippen molar-refractivity contribution in [2.75, 3.05) is 79.3 Å². The predicted octanol–water partition coefficient (Wildman–Crippen LogP) is 0.870. The Balaban J connectivity index is 1.62. The van der Waals surface area contributed by atoms with E-state index in [1.165, 1.54) is 0 Å². The maximum Gasteiger partial charge on any atom is 0.249 e. The summed E-state index contributed by atoms with van der Waals surface area (Å²) in [4.78, 5) is 57.2. The van der Waals surface area contributed by atoms with E-state index in [4.69, 9.17) is 9.47 Å². The SMILES string of the molecule is CN1CC[C@H]2CC(=O)NCCOCCOCC(=O)N(C3CCN(C(=O)CC(C)(C)C)CC3)CC(=O)NCC[C@H]2C1. The lowest BCUT2D eigenvalue weighted by molar-refractivity contribution is -0.145. The minimum Gasteiger partial charge on any atom is -0.377 e. The molecule has 4 amide bonds. The van der Waals surface area contributed by atoms with Gasteiger partial charge in [0.2, 0.25) is 23.6 Å². The maximum absolute atomic E-state index is 13.2. The fraction of sp³-hybridized carbons (Fsp3) is 0.862. The molecule has 228 valence electrons. The Morgan fingerprint density at radius 2 is 1.57 bits per heavy atom. The highest BCUT2D eigenvalue weighted by Gasteiger charge is 2.33. The number of nitrogens with one attached hydrogen (secondary N) is 2. The van der Waals surface area contributed by atoms with Gasteiger partial charge < -0.3 is 34.8 Å². The average molecular weight is 566 g/mol. The summed E-state index contributed by atoms with van der Waals surface area (Å²) in [5, 5.41) is 5.97. The highest BCUT2D eigenvalue weighted by molar-refractivity contribution is 5.85. The van der Waals surface area contributed by atoms with E-state index >= 15 is 0 Å². The molecule has 3 aliphatic rings. The number of ether oxygens (including phenoxy) is 2. The number of carbonyl (C=O) groups is 4. The van der Waals surface area contributed by atoms with E-state index < -0.39 is 0 Å². The van der Waals surface area contributed by atoms with E-state index in [0.717, 1.165) is 25.9 Å². The van der Waals surface area contributed by atoms with Crippen molar-refractivity contribution in [3.05, 3.63) is 0 Å². The lowest BCUT2D eigenvalue weighted by Crippen LogP contribution is -2.53. The Kier molecular flexibility index (Phi) is 12.6. The van der Waals surface area contributed by atoms with Gasteiger partial charge in [0.25, 0.3) is 0 Å². The largest absolute Gasteiger partial charge is 0.377 e. The van der Waals surface area contributed by atoms with Crippen molar-refractivity contribution in [3.8, 4) is 0 Å². The number of amides is 4. The first-order chi connectivity index (χ1) is 19.0. The van der Waals surface area contributed by atoms with Crippen molar-refractivity contribution < 1.29 is 28.7 Å². The molecule has 3 heterocycles. The molecule has 2 N–H and O–H groups in total. The van der Waals surface area contributed by atoms with Crippen LogP contribution >= 0.6 is 0 Å². The van der Waals surface area contributed by atoms with Crippen LogP contribution in [-0.2, 0) is 28.7 Å². The van der Waals surface area contributed by atoms with Crippen LogP contribution in [0.2, 0.25) is 0 Å². The molecule has 3 aliphatic heterocycles. The molecular weight excluding hydrogens is 514 g/mol. The molecule has 0 saturated carbocycles. The van der Waals surface area contributed by atoms with Crippen LogP contribution in [0, 0.1) is 17.3 Å². The van der Waals surface area contributed by atoms with E-state index in [9.17, 15) is 19.2 Å². The molecule has 0 unspecified atom stereocenters. The van der Waals surface area contributed by atoms with Crippen molar-refractivity contribution in [1.82, 2.24) is 25.3 Å². The van der Waals surface area contributed by atoms with Gasteiger partial charge in [-0.25, -0.2) is 0 Å². The third kappa shape index (κ3) is 11.0. The molecule has 2 atom stereocenters. The summed E-state index contributed by atoms with van der Waals surface area (Å²) in [6.07, 6.45) is 3.97. The number of carbonyl (C=O) groups excluding carboxylic acids is 4. The fourth-order valence-electron chi connectivity index (χ4n) is 5.91. The molecule has 3 fully saturated rings. The van der Waals surface area contributed by atoms with Crippen molar-refractivity contribution in [2.24, 2.45) is 17.3 Å². The van der Waals surface area contributed by atoms with E-state index in [-0.39, 0.29) is 60.8 Å². The van der Waals surface area contributed by atoms with Crippen LogP contribution in [0.25, 0.3) is 0 Å². The van der Waals surface area contributed by atoms with Gasteiger partial charge in [-0.05, 0) is 56.5 Å². The third-order valence-electron chi connectivity index (χ3n) is 8.12. The molecule has 0 bridgehead atoms. The predicted molar refractivity (Wildman–Crippen MR) is 151 cm³/mol. The Hall–Kier alpha value is -2.24. The van der Waals surface area contributed by atoms with Gasteiger partial charge in [-0.3, -0.25) is 19.2 Å². The second-order valence-electron chi connectivity index (χ2n) is 12.8. The second kappa shape index (κ2) is 15.7. The number of likely N-dealkylation sites (tertiary alicyclic amines) is 2. The smallest absolute Gasteiger partial charge is 0.249 e. The van der Waals surface area contributed by atoms with Gasteiger partial charge in [0.05, 0.1) is 26.4 Å². The number of hydrogen-bond donors (Lipinski definition) is 2. The topological polar surface area (TPSA) is 121 Å². The first-order valence-corrected chi connectivity index (χ1v) is 15.0. The minimum absolute atomic E-state index is 0.0320. The van der Waals surface area contributed by atoms with E-state index in [2.05, 4.69) is 43.4 Å². The van der Waals surface area contributed by atoms with Crippen molar-refractivity contribution >= 4 is 23.6 Å². The number of fused-ring (bicyclic) bond motifs is 1. The molecule has 40 heavy (non-hydrogen) atoms. The second-order valence-corrected chi connectivity index (χ2v) is 12.8. The summed E-state index contributed by atoms with van der Waals surface area (Å²) in [5.41, 5.74) is -0.0775. The van der Waals surface area contributed by atoms with Gasteiger partial charge in [0, 0.05) is 51.6 Å². The first-order valence-electron chi connectivity index (χ1n) is 15.0. The Bertz CT molecular complexity index is 854.